The van der Waals surface area contributed by atoms with Crippen LogP contribution in [0.2, 0.25) is 0 Å². The van der Waals surface area contributed by atoms with Crippen molar-refractivity contribution in [1.29, 1.82) is 0 Å². The second-order valence-corrected chi connectivity index (χ2v) is 4.90. The van der Waals surface area contributed by atoms with Crippen molar-refractivity contribution in [1.82, 2.24) is 4.98 Å². The molecule has 1 aliphatic rings. The van der Waals surface area contributed by atoms with E-state index in [2.05, 4.69) is 15.0 Å². The highest BCUT2D eigenvalue weighted by Gasteiger charge is 2.23. The molecule has 3 N–H and O–H groups in total. The summed E-state index contributed by atoms with van der Waals surface area (Å²) in [7, 11) is 1.73. The van der Waals surface area contributed by atoms with E-state index in [0.29, 0.717) is 11.5 Å². The van der Waals surface area contributed by atoms with Crippen molar-refractivity contribution in [2.24, 2.45) is 16.8 Å². The third-order valence-corrected chi connectivity index (χ3v) is 3.36. The summed E-state index contributed by atoms with van der Waals surface area (Å²) in [6.45, 7) is 4.57. The second kappa shape index (κ2) is 5.88. The van der Waals surface area contributed by atoms with Gasteiger partial charge in [-0.3, -0.25) is 0 Å². The molecule has 1 aromatic rings. The molecule has 1 aromatic heterocycles. The molecule has 1 atom stereocenters. The third-order valence-electron chi connectivity index (χ3n) is 3.36. The summed E-state index contributed by atoms with van der Waals surface area (Å²) in [6, 6.07) is 3.67. The molecule has 0 aromatic carbocycles. The summed E-state index contributed by atoms with van der Waals surface area (Å²) < 4.78 is 5.19. The number of hydrogen-bond acceptors (Lipinski definition) is 5. The Morgan fingerprint density at radius 3 is 3.11 bits per heavy atom. The zero-order valence-electron chi connectivity index (χ0n) is 11.3. The largest absolute Gasteiger partial charge is 0.409 e. The molecule has 0 aliphatic carbocycles. The fraction of sp³-hybridized carbons (Fsp3) is 0.538. The van der Waals surface area contributed by atoms with Gasteiger partial charge in [0, 0.05) is 37.4 Å². The lowest BCUT2D eigenvalue weighted by Gasteiger charge is -2.18. The third kappa shape index (κ3) is 3.14. The van der Waals surface area contributed by atoms with E-state index >= 15 is 0 Å². The molecule has 0 bridgehead atoms. The van der Waals surface area contributed by atoms with Crippen LogP contribution in [0.4, 0.5) is 5.82 Å². The van der Waals surface area contributed by atoms with E-state index in [1.165, 1.54) is 0 Å². The zero-order valence-corrected chi connectivity index (χ0v) is 11.3. The number of amidine groups is 1. The molecule has 1 saturated heterocycles. The van der Waals surface area contributed by atoms with E-state index in [4.69, 9.17) is 15.7 Å². The van der Waals surface area contributed by atoms with E-state index in [0.717, 1.165) is 37.6 Å². The minimum absolute atomic E-state index is 0.111. The topological polar surface area (TPSA) is 84.0 Å². The summed E-state index contributed by atoms with van der Waals surface area (Å²) >= 11 is 0. The van der Waals surface area contributed by atoms with Gasteiger partial charge in [0.15, 0.2) is 5.84 Å². The fourth-order valence-corrected chi connectivity index (χ4v) is 2.43. The molecule has 6 heteroatoms. The molecule has 2 heterocycles. The van der Waals surface area contributed by atoms with Crippen molar-refractivity contribution >= 4 is 11.7 Å². The predicted octanol–water partition coefficient (Wildman–Crippen LogP) is 0.957. The van der Waals surface area contributed by atoms with Gasteiger partial charge in [-0.05, 0) is 25.5 Å². The number of rotatable bonds is 4. The average molecular weight is 264 g/mol. The molecule has 2 rings (SSSR count). The minimum Gasteiger partial charge on any atom is -0.409 e. The van der Waals surface area contributed by atoms with Crippen LogP contribution in [0.25, 0.3) is 0 Å². The Morgan fingerprint density at radius 1 is 1.63 bits per heavy atom. The number of aromatic nitrogens is 1. The van der Waals surface area contributed by atoms with Crippen LogP contribution in [0.5, 0.6) is 0 Å². The Kier molecular flexibility index (Phi) is 4.21. The van der Waals surface area contributed by atoms with Gasteiger partial charge in [-0.15, -0.1) is 0 Å². The van der Waals surface area contributed by atoms with E-state index in [9.17, 15) is 0 Å². The van der Waals surface area contributed by atoms with Gasteiger partial charge in [0.2, 0.25) is 0 Å². The first-order chi connectivity index (χ1) is 9.13. The Hall–Kier alpha value is -1.82. The lowest BCUT2D eigenvalue weighted by atomic mass is 10.1. The summed E-state index contributed by atoms with van der Waals surface area (Å²) in [4.78, 5) is 6.73. The number of nitrogens with two attached hydrogens (primary N) is 1. The van der Waals surface area contributed by atoms with Gasteiger partial charge in [0.25, 0.3) is 0 Å². The SMILES string of the molecule is COCC1CCN(c2cc(/C(N)=N/O)cc(C)n2)C1. The van der Waals surface area contributed by atoms with Gasteiger partial charge in [-0.25, -0.2) is 4.98 Å². The maximum atomic E-state index is 8.76. The summed E-state index contributed by atoms with van der Waals surface area (Å²) in [5, 5.41) is 11.8. The number of ether oxygens (including phenoxy) is 1. The maximum Gasteiger partial charge on any atom is 0.170 e. The van der Waals surface area contributed by atoms with E-state index in [1.807, 2.05) is 13.0 Å². The van der Waals surface area contributed by atoms with Gasteiger partial charge in [-0.1, -0.05) is 5.16 Å². The van der Waals surface area contributed by atoms with Crippen LogP contribution in [0, 0.1) is 12.8 Å². The van der Waals surface area contributed by atoms with Crippen molar-refractivity contribution < 1.29 is 9.94 Å². The number of anilines is 1. The number of aryl methyl sites for hydroxylation is 1. The molecule has 0 saturated carbocycles. The van der Waals surface area contributed by atoms with Crippen LogP contribution >= 0.6 is 0 Å². The van der Waals surface area contributed by atoms with Crippen molar-refractivity contribution in [3.63, 3.8) is 0 Å². The molecule has 0 radical (unpaired) electrons. The average Bonchev–Trinajstić information content (AvgIpc) is 2.86. The highest BCUT2D eigenvalue weighted by molar-refractivity contribution is 5.97. The molecule has 1 unspecified atom stereocenters. The molecule has 0 amide bonds. The first kappa shape index (κ1) is 13.6. The van der Waals surface area contributed by atoms with Crippen molar-refractivity contribution in [3.05, 3.63) is 23.4 Å². The monoisotopic (exact) mass is 264 g/mol. The quantitative estimate of drug-likeness (QED) is 0.366. The summed E-state index contributed by atoms with van der Waals surface area (Å²) in [6.07, 6.45) is 1.10. The minimum atomic E-state index is 0.111. The van der Waals surface area contributed by atoms with E-state index in [-0.39, 0.29) is 5.84 Å². The Balaban J connectivity index is 2.19. The molecular weight excluding hydrogens is 244 g/mol. The normalized spacial score (nSPS) is 20.0. The van der Waals surface area contributed by atoms with Gasteiger partial charge in [0.1, 0.15) is 5.82 Å². The summed E-state index contributed by atoms with van der Waals surface area (Å²) in [5.74, 6) is 1.53. The van der Waals surface area contributed by atoms with E-state index < -0.39 is 0 Å². The lowest BCUT2D eigenvalue weighted by Crippen LogP contribution is -2.23. The first-order valence-corrected chi connectivity index (χ1v) is 6.34. The van der Waals surface area contributed by atoms with Crippen LogP contribution in [-0.4, -0.2) is 42.8 Å². The lowest BCUT2D eigenvalue weighted by molar-refractivity contribution is 0.161. The highest BCUT2D eigenvalue weighted by atomic mass is 16.5. The Labute approximate surface area is 112 Å². The summed E-state index contributed by atoms with van der Waals surface area (Å²) in [5.41, 5.74) is 7.19. The molecular formula is C13H20N4O2. The number of hydrogen-bond donors (Lipinski definition) is 2. The smallest absolute Gasteiger partial charge is 0.170 e. The molecule has 1 fully saturated rings. The maximum absolute atomic E-state index is 8.76. The van der Waals surface area contributed by atoms with Crippen molar-refractivity contribution in [3.8, 4) is 0 Å². The van der Waals surface area contributed by atoms with Crippen LogP contribution in [0.1, 0.15) is 17.7 Å². The van der Waals surface area contributed by atoms with Gasteiger partial charge in [0.05, 0.1) is 6.61 Å². The van der Waals surface area contributed by atoms with Gasteiger partial charge < -0.3 is 20.6 Å². The van der Waals surface area contributed by atoms with Crippen LogP contribution < -0.4 is 10.6 Å². The number of methoxy groups -OCH3 is 1. The molecule has 1 aliphatic heterocycles. The van der Waals surface area contributed by atoms with Crippen LogP contribution in [0.3, 0.4) is 0 Å². The first-order valence-electron chi connectivity index (χ1n) is 6.34. The van der Waals surface area contributed by atoms with Crippen LogP contribution in [0.15, 0.2) is 17.3 Å². The fourth-order valence-electron chi connectivity index (χ4n) is 2.43. The number of oxime groups is 1. The van der Waals surface area contributed by atoms with E-state index in [1.54, 1.807) is 13.2 Å². The predicted molar refractivity (Wildman–Crippen MR) is 73.7 cm³/mol. The van der Waals surface area contributed by atoms with Crippen molar-refractivity contribution in [2.75, 3.05) is 31.7 Å². The molecule has 6 nitrogen and oxygen atoms in total. The van der Waals surface area contributed by atoms with Gasteiger partial charge in [-0.2, -0.15) is 0 Å². The van der Waals surface area contributed by atoms with Gasteiger partial charge >= 0.3 is 0 Å². The molecule has 19 heavy (non-hydrogen) atoms. The van der Waals surface area contributed by atoms with Crippen LogP contribution in [-0.2, 0) is 4.74 Å². The zero-order chi connectivity index (χ0) is 13.8. The molecule has 0 spiro atoms. The number of nitrogens with zero attached hydrogens (tertiary/aromatic N) is 3. The Morgan fingerprint density at radius 2 is 2.42 bits per heavy atom. The second-order valence-electron chi connectivity index (χ2n) is 4.90. The number of pyridine rings is 1. The highest BCUT2D eigenvalue weighted by Crippen LogP contribution is 2.23. The van der Waals surface area contributed by atoms with Crippen molar-refractivity contribution in [2.45, 2.75) is 13.3 Å². The Bertz CT molecular complexity index is 476. The standard InChI is InChI=1S/C13H20N4O2/c1-9-5-11(13(14)16-18)6-12(15-9)17-4-3-10(7-17)8-19-2/h5-6,10,18H,3-4,7-8H2,1-2H3,(H2,14,16). The molecule has 104 valence electrons.